The highest BCUT2D eigenvalue weighted by atomic mass is 32.2. The number of hydrogen-bond donors (Lipinski definition) is 1. The first-order chi connectivity index (χ1) is 10.5. The van der Waals surface area contributed by atoms with E-state index in [1.54, 1.807) is 38.4 Å². The smallest absolute Gasteiger partial charge is 0.250 e. The number of nitrogens with zero attached hydrogens (tertiary/aromatic N) is 1. The molecular formula is C16H17FN2O2S. The van der Waals surface area contributed by atoms with E-state index >= 15 is 0 Å². The Balaban J connectivity index is 1.90. The fourth-order valence-electron chi connectivity index (χ4n) is 1.88. The Morgan fingerprint density at radius 1 is 1.36 bits per heavy atom. The summed E-state index contributed by atoms with van der Waals surface area (Å²) in [7, 11) is 1.63. The largest absolute Gasteiger partial charge is 0.325 e. The van der Waals surface area contributed by atoms with Gasteiger partial charge in [0.05, 0.1) is 5.69 Å². The fourth-order valence-corrected chi connectivity index (χ4v) is 2.77. The maximum absolute atomic E-state index is 13.4. The lowest BCUT2D eigenvalue weighted by Gasteiger charge is -2.09. The summed E-state index contributed by atoms with van der Waals surface area (Å²) in [5.41, 5.74) is 1.21. The van der Waals surface area contributed by atoms with E-state index in [0.29, 0.717) is 16.3 Å². The van der Waals surface area contributed by atoms with Crippen LogP contribution in [0.25, 0.3) is 0 Å². The van der Waals surface area contributed by atoms with E-state index in [4.69, 9.17) is 0 Å². The zero-order chi connectivity index (χ0) is 16.1. The average Bonchev–Trinajstić information content (AvgIpc) is 2.47. The molecule has 6 heteroatoms. The summed E-state index contributed by atoms with van der Waals surface area (Å²) >= 11 is 1.30. The molecule has 0 aliphatic heterocycles. The molecule has 0 saturated carbocycles. The highest BCUT2D eigenvalue weighted by molar-refractivity contribution is 7.99. The third-order valence-corrected chi connectivity index (χ3v) is 4.18. The van der Waals surface area contributed by atoms with E-state index in [1.807, 2.05) is 0 Å². The summed E-state index contributed by atoms with van der Waals surface area (Å²) in [6.07, 6.45) is 1.86. The van der Waals surface area contributed by atoms with Crippen LogP contribution in [0.1, 0.15) is 12.0 Å². The first-order valence-corrected chi connectivity index (χ1v) is 7.80. The number of hydrogen-bond acceptors (Lipinski definition) is 3. The molecule has 0 radical (unpaired) electrons. The molecule has 1 aromatic heterocycles. The van der Waals surface area contributed by atoms with Gasteiger partial charge in [0.1, 0.15) is 5.82 Å². The van der Waals surface area contributed by atoms with E-state index in [0.717, 1.165) is 5.56 Å². The van der Waals surface area contributed by atoms with Gasteiger partial charge in [-0.1, -0.05) is 12.1 Å². The van der Waals surface area contributed by atoms with Gasteiger partial charge in [0.25, 0.3) is 5.56 Å². The van der Waals surface area contributed by atoms with Gasteiger partial charge in [-0.2, -0.15) is 0 Å². The molecule has 22 heavy (non-hydrogen) atoms. The third-order valence-electron chi connectivity index (χ3n) is 3.13. The highest BCUT2D eigenvalue weighted by Crippen LogP contribution is 2.22. The maximum Gasteiger partial charge on any atom is 0.250 e. The molecular weight excluding hydrogens is 303 g/mol. The summed E-state index contributed by atoms with van der Waals surface area (Å²) in [5.74, 6) is 0.0461. The molecule has 116 valence electrons. The Kier molecular flexibility index (Phi) is 5.38. The predicted molar refractivity (Wildman–Crippen MR) is 86.8 cm³/mol. The summed E-state index contributed by atoms with van der Waals surface area (Å²) in [6.45, 7) is 1.77. The first kappa shape index (κ1) is 16.3. The number of amides is 1. The van der Waals surface area contributed by atoms with Crippen LogP contribution in [0.4, 0.5) is 10.1 Å². The lowest BCUT2D eigenvalue weighted by atomic mass is 10.2. The predicted octanol–water partition coefficient (Wildman–Crippen LogP) is 2.95. The van der Waals surface area contributed by atoms with Crippen molar-refractivity contribution < 1.29 is 9.18 Å². The van der Waals surface area contributed by atoms with Crippen LogP contribution in [0.15, 0.2) is 46.2 Å². The minimum Gasteiger partial charge on any atom is -0.325 e. The zero-order valence-corrected chi connectivity index (χ0v) is 13.2. The van der Waals surface area contributed by atoms with E-state index in [9.17, 15) is 14.0 Å². The first-order valence-electron chi connectivity index (χ1n) is 6.82. The average molecular weight is 320 g/mol. The second-order valence-corrected chi connectivity index (χ2v) is 6.03. The lowest BCUT2D eigenvalue weighted by Crippen LogP contribution is -2.19. The van der Waals surface area contributed by atoms with E-state index in [-0.39, 0.29) is 23.7 Å². The number of rotatable bonds is 5. The molecule has 0 aliphatic carbocycles. The van der Waals surface area contributed by atoms with Crippen LogP contribution in [0.5, 0.6) is 0 Å². The molecule has 2 rings (SSSR count). The van der Waals surface area contributed by atoms with Gasteiger partial charge in [0, 0.05) is 36.4 Å². The summed E-state index contributed by atoms with van der Waals surface area (Å²) in [6, 6.07) is 7.96. The van der Waals surface area contributed by atoms with Gasteiger partial charge in [0.2, 0.25) is 5.91 Å². The van der Waals surface area contributed by atoms with Gasteiger partial charge in [-0.25, -0.2) is 4.39 Å². The van der Waals surface area contributed by atoms with Crippen LogP contribution in [0.3, 0.4) is 0 Å². The molecule has 0 unspecified atom stereocenters. The van der Waals surface area contributed by atoms with Crippen LogP contribution in [0, 0.1) is 12.7 Å². The van der Waals surface area contributed by atoms with Crippen molar-refractivity contribution in [2.75, 3.05) is 11.1 Å². The Bertz CT molecular complexity index is 743. The number of halogens is 1. The van der Waals surface area contributed by atoms with E-state index < -0.39 is 0 Å². The lowest BCUT2D eigenvalue weighted by molar-refractivity contribution is -0.115. The van der Waals surface area contributed by atoms with Crippen molar-refractivity contribution in [1.82, 2.24) is 4.57 Å². The summed E-state index contributed by atoms with van der Waals surface area (Å²) < 4.78 is 14.9. The quantitative estimate of drug-likeness (QED) is 0.862. The molecule has 0 aliphatic rings. The van der Waals surface area contributed by atoms with Crippen molar-refractivity contribution in [3.63, 3.8) is 0 Å². The van der Waals surface area contributed by atoms with Crippen LogP contribution in [-0.4, -0.2) is 16.2 Å². The molecule has 1 heterocycles. The molecule has 0 fully saturated rings. The molecule has 0 saturated heterocycles. The number of pyridine rings is 1. The van der Waals surface area contributed by atoms with Crippen molar-refractivity contribution >= 4 is 23.4 Å². The molecule has 0 atom stereocenters. The molecule has 1 N–H and O–H groups in total. The van der Waals surface area contributed by atoms with Crippen LogP contribution >= 0.6 is 11.8 Å². The van der Waals surface area contributed by atoms with Crippen LogP contribution in [0.2, 0.25) is 0 Å². The zero-order valence-electron chi connectivity index (χ0n) is 12.4. The number of anilines is 1. The standard InChI is InChI=1S/C16H17FN2O2S/c1-11-9-16(21)19(2)10-13(11)18-15(20)7-8-22-14-6-4-3-5-12(14)17/h3-6,9-10H,7-8H2,1-2H3,(H,18,20). The van der Waals surface area contributed by atoms with Crippen molar-refractivity contribution in [3.05, 3.63) is 58.3 Å². The molecule has 0 bridgehead atoms. The molecule has 4 nitrogen and oxygen atoms in total. The monoisotopic (exact) mass is 320 g/mol. The summed E-state index contributed by atoms with van der Waals surface area (Å²) in [4.78, 5) is 23.9. The van der Waals surface area contributed by atoms with E-state index in [2.05, 4.69) is 5.32 Å². The molecule has 2 aromatic rings. The Morgan fingerprint density at radius 3 is 2.82 bits per heavy atom. The molecule has 1 aromatic carbocycles. The van der Waals surface area contributed by atoms with Gasteiger partial charge in [-0.15, -0.1) is 11.8 Å². The van der Waals surface area contributed by atoms with Gasteiger partial charge in [-0.05, 0) is 24.6 Å². The van der Waals surface area contributed by atoms with Crippen LogP contribution < -0.4 is 10.9 Å². The minimum absolute atomic E-state index is 0.120. The number of carbonyl (C=O) groups is 1. The van der Waals surface area contributed by atoms with Gasteiger partial charge in [0.15, 0.2) is 0 Å². The number of aryl methyl sites for hydroxylation is 2. The van der Waals surface area contributed by atoms with Crippen molar-refractivity contribution in [2.24, 2.45) is 7.05 Å². The SMILES string of the molecule is Cc1cc(=O)n(C)cc1NC(=O)CCSc1ccccc1F. The molecule has 1 amide bonds. The van der Waals surface area contributed by atoms with Crippen molar-refractivity contribution in [1.29, 1.82) is 0 Å². The Labute approximate surface area is 132 Å². The van der Waals surface area contributed by atoms with Crippen LogP contribution in [-0.2, 0) is 11.8 Å². The number of thioether (sulfide) groups is 1. The third kappa shape index (κ3) is 4.21. The van der Waals surface area contributed by atoms with E-state index in [1.165, 1.54) is 28.5 Å². The summed E-state index contributed by atoms with van der Waals surface area (Å²) in [5, 5.41) is 2.77. The number of carbonyl (C=O) groups excluding carboxylic acids is 1. The van der Waals surface area contributed by atoms with Gasteiger partial charge >= 0.3 is 0 Å². The van der Waals surface area contributed by atoms with Gasteiger partial charge < -0.3 is 9.88 Å². The fraction of sp³-hybridized carbons (Fsp3) is 0.250. The highest BCUT2D eigenvalue weighted by Gasteiger charge is 2.08. The molecule has 0 spiro atoms. The van der Waals surface area contributed by atoms with Crippen molar-refractivity contribution in [3.8, 4) is 0 Å². The Morgan fingerprint density at radius 2 is 2.09 bits per heavy atom. The number of aromatic nitrogens is 1. The number of nitrogens with one attached hydrogen (secondary N) is 1. The topological polar surface area (TPSA) is 51.1 Å². The van der Waals surface area contributed by atoms with Crippen molar-refractivity contribution in [2.45, 2.75) is 18.2 Å². The second kappa shape index (κ2) is 7.26. The minimum atomic E-state index is -0.276. The normalized spacial score (nSPS) is 10.5. The number of benzene rings is 1. The Hall–Kier alpha value is -2.08. The van der Waals surface area contributed by atoms with Gasteiger partial charge in [-0.3, -0.25) is 9.59 Å². The second-order valence-electron chi connectivity index (χ2n) is 4.90. The maximum atomic E-state index is 13.4.